The van der Waals surface area contributed by atoms with Crippen molar-refractivity contribution >= 4 is 11.6 Å². The number of methoxy groups -OCH3 is 1. The van der Waals surface area contributed by atoms with Gasteiger partial charge in [-0.2, -0.15) is 0 Å². The number of nitrogens with zero attached hydrogens (tertiary/aromatic N) is 1. The number of para-hydroxylation sites is 1. The fourth-order valence-corrected chi connectivity index (χ4v) is 3.45. The number of hydrogen-bond donors (Lipinski definition) is 1. The summed E-state index contributed by atoms with van der Waals surface area (Å²) in [5, 5.41) is 7.05. The van der Waals surface area contributed by atoms with Gasteiger partial charge in [-0.15, -0.1) is 0 Å². The fraction of sp³-hybridized carbons (Fsp3) is 0.238. The molecule has 0 saturated heterocycles. The molecule has 0 spiro atoms. The Kier molecular flexibility index (Phi) is 4.21. The average Bonchev–Trinajstić information content (AvgIpc) is 3.12. The van der Waals surface area contributed by atoms with Crippen LogP contribution in [0.4, 0.5) is 5.69 Å². The highest BCUT2D eigenvalue weighted by Gasteiger charge is 2.28. The Morgan fingerprint density at radius 3 is 2.88 bits per heavy atom. The number of carbonyl (C=O) groups is 1. The minimum atomic E-state index is -0.229. The predicted molar refractivity (Wildman–Crippen MR) is 99.7 cm³/mol. The molecule has 132 valence electrons. The van der Waals surface area contributed by atoms with Gasteiger partial charge in [0.05, 0.1) is 7.11 Å². The molecule has 0 bridgehead atoms. The molecule has 1 heterocycles. The van der Waals surface area contributed by atoms with Crippen LogP contribution in [0.3, 0.4) is 0 Å². The van der Waals surface area contributed by atoms with Crippen molar-refractivity contribution in [2.75, 3.05) is 12.4 Å². The van der Waals surface area contributed by atoms with E-state index in [0.717, 1.165) is 53.0 Å². The second kappa shape index (κ2) is 6.67. The predicted octanol–water partition coefficient (Wildman–Crippen LogP) is 4.26. The van der Waals surface area contributed by atoms with Gasteiger partial charge in [0.1, 0.15) is 5.75 Å². The maximum absolute atomic E-state index is 12.8. The van der Waals surface area contributed by atoms with Gasteiger partial charge in [-0.1, -0.05) is 30.3 Å². The molecule has 5 heteroatoms. The lowest BCUT2D eigenvalue weighted by molar-refractivity contribution is 0.101. The van der Waals surface area contributed by atoms with Gasteiger partial charge in [0.2, 0.25) is 0 Å². The van der Waals surface area contributed by atoms with Crippen LogP contribution >= 0.6 is 0 Å². The van der Waals surface area contributed by atoms with E-state index in [9.17, 15) is 4.79 Å². The van der Waals surface area contributed by atoms with Gasteiger partial charge < -0.3 is 14.6 Å². The molecule has 1 aliphatic rings. The first-order valence-corrected chi connectivity index (χ1v) is 8.76. The summed E-state index contributed by atoms with van der Waals surface area (Å²) in [6, 6.07) is 13.7. The number of benzene rings is 2. The highest BCUT2D eigenvalue weighted by Crippen LogP contribution is 2.37. The van der Waals surface area contributed by atoms with Gasteiger partial charge in [0.15, 0.2) is 11.5 Å². The monoisotopic (exact) mass is 348 g/mol. The Hall–Kier alpha value is -3.08. The zero-order valence-corrected chi connectivity index (χ0v) is 14.8. The van der Waals surface area contributed by atoms with Crippen molar-refractivity contribution in [2.24, 2.45) is 0 Å². The van der Waals surface area contributed by atoms with E-state index in [2.05, 4.69) is 17.4 Å². The molecule has 26 heavy (non-hydrogen) atoms. The summed E-state index contributed by atoms with van der Waals surface area (Å²) < 4.78 is 10.8. The van der Waals surface area contributed by atoms with Crippen molar-refractivity contribution in [3.63, 3.8) is 0 Å². The second-order valence-electron chi connectivity index (χ2n) is 6.33. The molecule has 0 aliphatic heterocycles. The van der Waals surface area contributed by atoms with Crippen LogP contribution in [0.1, 0.15) is 34.1 Å². The molecule has 0 saturated carbocycles. The third-order valence-electron chi connectivity index (χ3n) is 4.85. The molecule has 0 fully saturated rings. The third kappa shape index (κ3) is 2.75. The molecule has 5 nitrogen and oxygen atoms in total. The van der Waals surface area contributed by atoms with Crippen LogP contribution in [0, 0.1) is 0 Å². The van der Waals surface area contributed by atoms with Gasteiger partial charge in [0, 0.05) is 16.8 Å². The van der Waals surface area contributed by atoms with Gasteiger partial charge in [-0.05, 0) is 54.7 Å². The van der Waals surface area contributed by atoms with Gasteiger partial charge in [-0.3, -0.25) is 4.79 Å². The molecule has 1 aliphatic carbocycles. The summed E-state index contributed by atoms with van der Waals surface area (Å²) in [7, 11) is 1.65. The SMILES string of the molecule is CCc1ccccc1NC(=O)c1noc2c1CCc1cc(OC)ccc1-2. The number of rotatable bonds is 4. The number of anilines is 1. The summed E-state index contributed by atoms with van der Waals surface area (Å²) in [5.74, 6) is 1.27. The first kappa shape index (κ1) is 16.4. The topological polar surface area (TPSA) is 64.4 Å². The zero-order chi connectivity index (χ0) is 18.1. The van der Waals surface area contributed by atoms with Crippen molar-refractivity contribution in [1.82, 2.24) is 5.16 Å². The molecular formula is C21H20N2O3. The molecule has 2 aromatic carbocycles. The normalized spacial score (nSPS) is 12.2. The van der Waals surface area contributed by atoms with Gasteiger partial charge >= 0.3 is 0 Å². The van der Waals surface area contributed by atoms with Crippen molar-refractivity contribution in [3.05, 3.63) is 64.8 Å². The van der Waals surface area contributed by atoms with E-state index in [4.69, 9.17) is 9.26 Å². The lowest BCUT2D eigenvalue weighted by atomic mass is 9.89. The summed E-state index contributed by atoms with van der Waals surface area (Å²) in [6.07, 6.45) is 2.40. The molecule has 1 amide bonds. The van der Waals surface area contributed by atoms with Crippen LogP contribution in [0.2, 0.25) is 0 Å². The largest absolute Gasteiger partial charge is 0.497 e. The second-order valence-corrected chi connectivity index (χ2v) is 6.33. The molecule has 3 aromatic rings. The van der Waals surface area contributed by atoms with Gasteiger partial charge in [0.25, 0.3) is 5.91 Å². The summed E-state index contributed by atoms with van der Waals surface area (Å²) in [6.45, 7) is 2.06. The minimum Gasteiger partial charge on any atom is -0.497 e. The van der Waals surface area contributed by atoms with Gasteiger partial charge in [-0.25, -0.2) is 0 Å². The Balaban J connectivity index is 1.66. The number of aryl methyl sites for hydroxylation is 2. The van der Waals surface area contributed by atoms with E-state index in [1.165, 1.54) is 0 Å². The summed E-state index contributed by atoms with van der Waals surface area (Å²) in [5.41, 5.74) is 5.28. The van der Waals surface area contributed by atoms with Crippen LogP contribution in [0.5, 0.6) is 5.75 Å². The number of carbonyl (C=O) groups excluding carboxylic acids is 1. The molecular weight excluding hydrogens is 328 g/mol. The third-order valence-corrected chi connectivity index (χ3v) is 4.85. The molecule has 1 N–H and O–H groups in total. The highest BCUT2D eigenvalue weighted by atomic mass is 16.5. The molecule has 0 unspecified atom stereocenters. The van der Waals surface area contributed by atoms with Crippen molar-refractivity contribution in [2.45, 2.75) is 26.2 Å². The highest BCUT2D eigenvalue weighted by molar-refractivity contribution is 6.05. The lowest BCUT2D eigenvalue weighted by Crippen LogP contribution is -2.16. The maximum atomic E-state index is 12.8. The standard InChI is InChI=1S/C21H20N2O3/c1-3-13-6-4-5-7-18(13)22-21(24)19-17-10-8-14-12-15(25-2)9-11-16(14)20(17)26-23-19/h4-7,9,11-12H,3,8,10H2,1-2H3,(H,22,24). The van der Waals surface area contributed by atoms with E-state index in [0.29, 0.717) is 11.5 Å². The number of fused-ring (bicyclic) bond motifs is 3. The van der Waals surface area contributed by atoms with E-state index in [1.807, 2.05) is 42.5 Å². The summed E-state index contributed by atoms with van der Waals surface area (Å²) in [4.78, 5) is 12.8. The van der Waals surface area contributed by atoms with Crippen LogP contribution < -0.4 is 10.1 Å². The molecule has 0 radical (unpaired) electrons. The molecule has 1 aromatic heterocycles. The maximum Gasteiger partial charge on any atom is 0.278 e. The number of ether oxygens (including phenoxy) is 1. The lowest BCUT2D eigenvalue weighted by Gasteiger charge is -2.16. The first-order chi connectivity index (χ1) is 12.7. The molecule has 4 rings (SSSR count). The smallest absolute Gasteiger partial charge is 0.278 e. The number of amides is 1. The number of hydrogen-bond acceptors (Lipinski definition) is 4. The zero-order valence-electron chi connectivity index (χ0n) is 14.8. The van der Waals surface area contributed by atoms with E-state index >= 15 is 0 Å². The quantitative estimate of drug-likeness (QED) is 0.765. The van der Waals surface area contributed by atoms with Crippen LogP contribution in [0.15, 0.2) is 47.0 Å². The van der Waals surface area contributed by atoms with Crippen LogP contribution in [0.25, 0.3) is 11.3 Å². The summed E-state index contributed by atoms with van der Waals surface area (Å²) >= 11 is 0. The van der Waals surface area contributed by atoms with Crippen molar-refractivity contribution < 1.29 is 14.1 Å². The Labute approximate surface area is 152 Å². The Morgan fingerprint density at radius 2 is 2.08 bits per heavy atom. The van der Waals surface area contributed by atoms with Crippen LogP contribution in [-0.4, -0.2) is 18.2 Å². The van der Waals surface area contributed by atoms with Crippen molar-refractivity contribution in [3.8, 4) is 17.1 Å². The van der Waals surface area contributed by atoms with E-state index in [-0.39, 0.29) is 5.91 Å². The van der Waals surface area contributed by atoms with Crippen LogP contribution in [-0.2, 0) is 19.3 Å². The first-order valence-electron chi connectivity index (χ1n) is 8.76. The Morgan fingerprint density at radius 1 is 1.23 bits per heavy atom. The van der Waals surface area contributed by atoms with E-state index in [1.54, 1.807) is 7.11 Å². The Bertz CT molecular complexity index is 975. The average molecular weight is 348 g/mol. The van der Waals surface area contributed by atoms with E-state index < -0.39 is 0 Å². The number of aromatic nitrogens is 1. The fourth-order valence-electron chi connectivity index (χ4n) is 3.45. The molecule has 0 atom stereocenters. The number of nitrogens with one attached hydrogen (secondary N) is 1. The minimum absolute atomic E-state index is 0.229. The van der Waals surface area contributed by atoms with Crippen molar-refractivity contribution in [1.29, 1.82) is 0 Å².